The molecule has 1 rings (SSSR count). The van der Waals surface area contributed by atoms with Crippen LogP contribution in [-0.2, 0) is 4.74 Å². The maximum atomic E-state index is 11.6. The number of methoxy groups -OCH3 is 1. The Morgan fingerprint density at radius 3 is 2.65 bits per heavy atom. The third-order valence-corrected chi connectivity index (χ3v) is 3.04. The van der Waals surface area contributed by atoms with Gasteiger partial charge in [-0.15, -0.1) is 0 Å². The lowest BCUT2D eigenvalue weighted by molar-refractivity contribution is 0.0596. The van der Waals surface area contributed by atoms with Crippen LogP contribution in [-0.4, -0.2) is 24.8 Å². The first-order valence-electron chi connectivity index (χ1n) is 6.72. The molecular formula is C16H22O4. The lowest BCUT2D eigenvalue weighted by atomic mass is 10.0. The lowest BCUT2D eigenvalue weighted by Crippen LogP contribution is -2.07. The molecule has 0 aliphatic carbocycles. The van der Waals surface area contributed by atoms with Gasteiger partial charge in [-0.2, -0.15) is 0 Å². The van der Waals surface area contributed by atoms with Gasteiger partial charge < -0.3 is 14.6 Å². The van der Waals surface area contributed by atoms with Gasteiger partial charge in [-0.05, 0) is 38.3 Å². The minimum atomic E-state index is -0.541. The summed E-state index contributed by atoms with van der Waals surface area (Å²) in [4.78, 5) is 11.6. The van der Waals surface area contributed by atoms with Crippen LogP contribution in [0.1, 0.15) is 41.3 Å². The van der Waals surface area contributed by atoms with Crippen molar-refractivity contribution in [2.24, 2.45) is 0 Å². The molecule has 1 aromatic carbocycles. The van der Waals surface area contributed by atoms with Gasteiger partial charge >= 0.3 is 5.97 Å². The summed E-state index contributed by atoms with van der Waals surface area (Å²) >= 11 is 0. The van der Waals surface area contributed by atoms with E-state index in [1.165, 1.54) is 7.11 Å². The van der Waals surface area contributed by atoms with Crippen LogP contribution in [0.5, 0.6) is 11.5 Å². The molecule has 4 heteroatoms. The number of hydrogen-bond donors (Lipinski definition) is 1. The van der Waals surface area contributed by atoms with Crippen molar-refractivity contribution in [3.05, 3.63) is 34.9 Å². The summed E-state index contributed by atoms with van der Waals surface area (Å²) in [6.07, 6.45) is 5.96. The van der Waals surface area contributed by atoms with Crippen LogP contribution in [0.4, 0.5) is 0 Å². The number of aryl methyl sites for hydroxylation is 1. The van der Waals surface area contributed by atoms with Gasteiger partial charge in [-0.25, -0.2) is 4.79 Å². The normalized spacial score (nSPS) is 10.8. The summed E-state index contributed by atoms with van der Waals surface area (Å²) in [6, 6.07) is 1.75. The zero-order valence-corrected chi connectivity index (χ0v) is 12.5. The van der Waals surface area contributed by atoms with Crippen molar-refractivity contribution >= 4 is 5.97 Å². The van der Waals surface area contributed by atoms with E-state index in [1.807, 2.05) is 0 Å². The van der Waals surface area contributed by atoms with E-state index < -0.39 is 5.97 Å². The van der Waals surface area contributed by atoms with Gasteiger partial charge in [0.25, 0.3) is 0 Å². The van der Waals surface area contributed by atoms with Crippen molar-refractivity contribution in [3.63, 3.8) is 0 Å². The standard InChI is InChI=1S/C16H22O4/c1-5-6-7-8-9-20-13-10-11(2)14(16(18)19-4)15(17)12(13)3/h6-7,10,17H,5,8-9H2,1-4H3/b7-6+. The summed E-state index contributed by atoms with van der Waals surface area (Å²) in [5, 5.41) is 10.1. The number of phenols is 1. The number of allylic oxidation sites excluding steroid dienone is 1. The molecule has 0 aliphatic rings. The molecule has 1 N–H and O–H groups in total. The van der Waals surface area contributed by atoms with E-state index in [0.29, 0.717) is 23.5 Å². The molecule has 4 nitrogen and oxygen atoms in total. The number of carbonyl (C=O) groups excluding carboxylic acids is 1. The van der Waals surface area contributed by atoms with Crippen molar-refractivity contribution in [2.75, 3.05) is 13.7 Å². The van der Waals surface area contributed by atoms with Crippen molar-refractivity contribution in [1.82, 2.24) is 0 Å². The van der Waals surface area contributed by atoms with Crippen LogP contribution >= 0.6 is 0 Å². The average molecular weight is 278 g/mol. The van der Waals surface area contributed by atoms with Gasteiger partial charge in [0.05, 0.1) is 13.7 Å². The van der Waals surface area contributed by atoms with Crippen LogP contribution in [0.2, 0.25) is 0 Å². The monoisotopic (exact) mass is 278 g/mol. The highest BCUT2D eigenvalue weighted by molar-refractivity contribution is 5.95. The highest BCUT2D eigenvalue weighted by Crippen LogP contribution is 2.33. The van der Waals surface area contributed by atoms with Crippen LogP contribution in [0.3, 0.4) is 0 Å². The van der Waals surface area contributed by atoms with Gasteiger partial charge in [-0.1, -0.05) is 19.1 Å². The smallest absolute Gasteiger partial charge is 0.341 e. The van der Waals surface area contributed by atoms with E-state index in [0.717, 1.165) is 12.8 Å². The Hall–Kier alpha value is -1.97. The number of hydrogen-bond acceptors (Lipinski definition) is 4. The fraction of sp³-hybridized carbons (Fsp3) is 0.438. The minimum absolute atomic E-state index is 0.0732. The third-order valence-electron chi connectivity index (χ3n) is 3.04. The van der Waals surface area contributed by atoms with Crippen LogP contribution in [0.15, 0.2) is 18.2 Å². The summed E-state index contributed by atoms with van der Waals surface area (Å²) in [5.74, 6) is -0.0194. The molecule has 0 unspecified atom stereocenters. The van der Waals surface area contributed by atoms with E-state index >= 15 is 0 Å². The second-order valence-corrected chi connectivity index (χ2v) is 4.55. The Morgan fingerprint density at radius 1 is 1.35 bits per heavy atom. The maximum Gasteiger partial charge on any atom is 0.341 e. The largest absolute Gasteiger partial charge is 0.507 e. The molecule has 0 aliphatic heterocycles. The van der Waals surface area contributed by atoms with Crippen molar-refractivity contribution in [2.45, 2.75) is 33.6 Å². The fourth-order valence-electron chi connectivity index (χ4n) is 1.90. The van der Waals surface area contributed by atoms with Crippen molar-refractivity contribution < 1.29 is 19.4 Å². The second kappa shape index (κ2) is 7.58. The lowest BCUT2D eigenvalue weighted by Gasteiger charge is -2.14. The molecule has 0 saturated heterocycles. The predicted octanol–water partition coefficient (Wildman–Crippen LogP) is 3.53. The molecule has 20 heavy (non-hydrogen) atoms. The number of esters is 1. The number of carbonyl (C=O) groups is 1. The highest BCUT2D eigenvalue weighted by Gasteiger charge is 2.19. The molecule has 0 saturated carbocycles. The van der Waals surface area contributed by atoms with Gasteiger partial charge in [0, 0.05) is 5.56 Å². The molecule has 0 bridgehead atoms. The molecule has 1 aromatic rings. The van der Waals surface area contributed by atoms with E-state index in [9.17, 15) is 9.90 Å². The quantitative estimate of drug-likeness (QED) is 0.491. The Kier molecular flexibility index (Phi) is 6.10. The third kappa shape index (κ3) is 3.76. The SMILES string of the molecule is CC/C=C/CCOc1cc(C)c(C(=O)OC)c(O)c1C. The number of benzene rings is 1. The summed E-state index contributed by atoms with van der Waals surface area (Å²) in [7, 11) is 1.29. The maximum absolute atomic E-state index is 11.6. The van der Waals surface area contributed by atoms with Crippen LogP contribution < -0.4 is 4.74 Å². The molecule has 0 atom stereocenters. The molecule has 0 spiro atoms. The zero-order valence-electron chi connectivity index (χ0n) is 12.5. The Labute approximate surface area is 120 Å². The molecule has 0 aromatic heterocycles. The van der Waals surface area contributed by atoms with Crippen molar-refractivity contribution in [3.8, 4) is 11.5 Å². The van der Waals surface area contributed by atoms with Crippen LogP contribution in [0.25, 0.3) is 0 Å². The van der Waals surface area contributed by atoms with Crippen LogP contribution in [0, 0.1) is 13.8 Å². The Balaban J connectivity index is 2.90. The van der Waals surface area contributed by atoms with Gasteiger partial charge in [0.2, 0.25) is 0 Å². The fourth-order valence-corrected chi connectivity index (χ4v) is 1.90. The first-order chi connectivity index (χ1) is 9.52. The van der Waals surface area contributed by atoms with Crippen molar-refractivity contribution in [1.29, 1.82) is 0 Å². The van der Waals surface area contributed by atoms with Gasteiger partial charge in [0.15, 0.2) is 0 Å². The Bertz CT molecular complexity index is 504. The van der Waals surface area contributed by atoms with E-state index in [-0.39, 0.29) is 11.3 Å². The zero-order chi connectivity index (χ0) is 15.1. The van der Waals surface area contributed by atoms with Gasteiger partial charge in [-0.3, -0.25) is 0 Å². The first kappa shape index (κ1) is 16.1. The summed E-state index contributed by atoms with van der Waals surface area (Å²) in [6.45, 7) is 6.08. The van der Waals surface area contributed by atoms with E-state index in [1.54, 1.807) is 19.9 Å². The summed E-state index contributed by atoms with van der Waals surface area (Å²) in [5.41, 5.74) is 1.39. The number of phenolic OH excluding ortho intramolecular Hbond substituents is 1. The minimum Gasteiger partial charge on any atom is -0.507 e. The molecule has 0 amide bonds. The molecule has 0 radical (unpaired) electrons. The second-order valence-electron chi connectivity index (χ2n) is 4.55. The average Bonchev–Trinajstić information content (AvgIpc) is 2.43. The molecule has 0 heterocycles. The van der Waals surface area contributed by atoms with Gasteiger partial charge in [0.1, 0.15) is 17.1 Å². The van der Waals surface area contributed by atoms with E-state index in [2.05, 4.69) is 23.8 Å². The Morgan fingerprint density at radius 2 is 2.05 bits per heavy atom. The predicted molar refractivity (Wildman–Crippen MR) is 78.5 cm³/mol. The number of rotatable bonds is 6. The van der Waals surface area contributed by atoms with E-state index in [4.69, 9.17) is 4.74 Å². The summed E-state index contributed by atoms with van der Waals surface area (Å²) < 4.78 is 10.3. The molecule has 0 fully saturated rings. The number of aromatic hydroxyl groups is 1. The topological polar surface area (TPSA) is 55.8 Å². The highest BCUT2D eigenvalue weighted by atomic mass is 16.5. The first-order valence-corrected chi connectivity index (χ1v) is 6.72. The number of ether oxygens (including phenoxy) is 2. The molecule has 110 valence electrons. The molecular weight excluding hydrogens is 256 g/mol.